The molecule has 0 saturated heterocycles. The van der Waals surface area contributed by atoms with Crippen LogP contribution in [0, 0.1) is 6.92 Å². The maximum atomic E-state index is 5.72. The number of hydrogen-bond acceptors (Lipinski definition) is 4. The fraction of sp³-hybridized carbons (Fsp3) is 0.188. The van der Waals surface area contributed by atoms with Crippen molar-refractivity contribution in [1.82, 2.24) is 10.2 Å². The summed E-state index contributed by atoms with van der Waals surface area (Å²) >= 11 is 6.74. The van der Waals surface area contributed by atoms with Gasteiger partial charge in [-0.25, -0.2) is 0 Å². The monoisotopic (exact) mass is 441 g/mol. The standard InChI is InChI=1S/C8H7BrN2O.C8H10BrNO/c1-12-7-3-6(9)2-5-4-10-11-8(5)7;1-5-3-6(9)4-7(11-2)8(5)10/h2-4H,1H3,(H,10,11);3-4H,10H2,1-2H3. The van der Waals surface area contributed by atoms with Crippen LogP contribution in [0.4, 0.5) is 5.69 Å². The van der Waals surface area contributed by atoms with Gasteiger partial charge >= 0.3 is 0 Å². The van der Waals surface area contributed by atoms with Gasteiger partial charge in [-0.15, -0.1) is 0 Å². The van der Waals surface area contributed by atoms with Gasteiger partial charge in [-0.2, -0.15) is 5.10 Å². The van der Waals surface area contributed by atoms with Crippen LogP contribution < -0.4 is 15.2 Å². The summed E-state index contributed by atoms with van der Waals surface area (Å²) < 4.78 is 12.2. The lowest BCUT2D eigenvalue weighted by Crippen LogP contribution is -1.94. The van der Waals surface area contributed by atoms with Crippen LogP contribution in [0.5, 0.6) is 11.5 Å². The summed E-state index contributed by atoms with van der Waals surface area (Å²) in [5, 5.41) is 7.84. The van der Waals surface area contributed by atoms with Gasteiger partial charge < -0.3 is 15.2 Å². The van der Waals surface area contributed by atoms with Crippen molar-refractivity contribution in [3.8, 4) is 11.5 Å². The lowest BCUT2D eigenvalue weighted by molar-refractivity contribution is 0.416. The van der Waals surface area contributed by atoms with Crippen LogP contribution in [0.1, 0.15) is 5.56 Å². The van der Waals surface area contributed by atoms with Crippen LogP contribution in [-0.4, -0.2) is 24.4 Å². The topological polar surface area (TPSA) is 73.2 Å². The van der Waals surface area contributed by atoms with Gasteiger partial charge in [0.05, 0.1) is 26.1 Å². The van der Waals surface area contributed by atoms with Gasteiger partial charge in [0.2, 0.25) is 0 Å². The number of fused-ring (bicyclic) bond motifs is 1. The molecule has 122 valence electrons. The Morgan fingerprint density at radius 1 is 1.00 bits per heavy atom. The third kappa shape index (κ3) is 4.17. The van der Waals surface area contributed by atoms with E-state index in [2.05, 4.69) is 42.1 Å². The molecule has 0 radical (unpaired) electrons. The van der Waals surface area contributed by atoms with Crippen molar-refractivity contribution in [3.63, 3.8) is 0 Å². The zero-order valence-electron chi connectivity index (χ0n) is 13.0. The molecule has 1 heterocycles. The Morgan fingerprint density at radius 3 is 2.26 bits per heavy atom. The van der Waals surface area contributed by atoms with Gasteiger partial charge in [0.25, 0.3) is 0 Å². The van der Waals surface area contributed by atoms with Crippen molar-refractivity contribution in [2.24, 2.45) is 0 Å². The maximum Gasteiger partial charge on any atom is 0.145 e. The molecule has 0 bridgehead atoms. The van der Waals surface area contributed by atoms with Gasteiger partial charge in [0.15, 0.2) is 0 Å². The van der Waals surface area contributed by atoms with Crippen LogP contribution in [0.15, 0.2) is 39.4 Å². The Labute approximate surface area is 151 Å². The molecular weight excluding hydrogens is 426 g/mol. The van der Waals surface area contributed by atoms with Crippen molar-refractivity contribution < 1.29 is 9.47 Å². The van der Waals surface area contributed by atoms with E-state index in [9.17, 15) is 0 Å². The van der Waals surface area contributed by atoms with Crippen LogP contribution in [0.3, 0.4) is 0 Å². The molecular formula is C16H17Br2N3O2. The molecule has 0 saturated carbocycles. The number of H-pyrrole nitrogens is 1. The highest BCUT2D eigenvalue weighted by atomic mass is 79.9. The number of anilines is 1. The summed E-state index contributed by atoms with van der Waals surface area (Å²) in [6, 6.07) is 7.70. The van der Waals surface area contributed by atoms with Gasteiger partial charge in [-0.3, -0.25) is 5.10 Å². The summed E-state index contributed by atoms with van der Waals surface area (Å²) in [6.45, 7) is 1.95. The second-order valence-corrected chi connectivity index (χ2v) is 6.61. The fourth-order valence-corrected chi connectivity index (χ4v) is 3.05. The van der Waals surface area contributed by atoms with Crippen LogP contribution >= 0.6 is 31.9 Å². The molecule has 0 aliphatic heterocycles. The Balaban J connectivity index is 0.000000168. The van der Waals surface area contributed by atoms with Gasteiger partial charge in [0, 0.05) is 14.3 Å². The predicted octanol–water partition coefficient (Wildman–Crippen LogP) is 4.68. The average Bonchev–Trinajstić information content (AvgIpc) is 2.98. The van der Waals surface area contributed by atoms with E-state index in [0.717, 1.165) is 36.9 Å². The van der Waals surface area contributed by atoms with E-state index in [0.29, 0.717) is 5.69 Å². The largest absolute Gasteiger partial charge is 0.495 e. The molecule has 0 fully saturated rings. The highest BCUT2D eigenvalue weighted by Crippen LogP contribution is 2.29. The smallest absolute Gasteiger partial charge is 0.145 e. The molecule has 0 amide bonds. The van der Waals surface area contributed by atoms with Crippen LogP contribution in [0.25, 0.3) is 10.9 Å². The van der Waals surface area contributed by atoms with Gasteiger partial charge in [-0.05, 0) is 36.8 Å². The molecule has 0 spiro atoms. The molecule has 0 atom stereocenters. The molecule has 3 N–H and O–H groups in total. The third-order valence-corrected chi connectivity index (χ3v) is 4.15. The first-order valence-corrected chi connectivity index (χ1v) is 8.31. The first-order chi connectivity index (χ1) is 11.0. The minimum absolute atomic E-state index is 0.704. The Kier molecular flexibility index (Phi) is 5.90. The lowest BCUT2D eigenvalue weighted by atomic mass is 10.2. The van der Waals surface area contributed by atoms with E-state index in [-0.39, 0.29) is 0 Å². The SMILES string of the molecule is COc1cc(Br)cc(C)c1N.COc1cc(Br)cc2cn[nH]c12. The number of nitrogens with two attached hydrogens (primary N) is 1. The molecule has 0 unspecified atom stereocenters. The third-order valence-electron chi connectivity index (χ3n) is 3.23. The number of benzene rings is 2. The van der Waals surface area contributed by atoms with Crippen molar-refractivity contribution in [2.75, 3.05) is 20.0 Å². The summed E-state index contributed by atoms with van der Waals surface area (Å²) in [5.74, 6) is 1.52. The number of ether oxygens (including phenoxy) is 2. The molecule has 7 heteroatoms. The van der Waals surface area contributed by atoms with Gasteiger partial charge in [0.1, 0.15) is 17.0 Å². The first kappa shape index (κ1) is 17.6. The van der Waals surface area contributed by atoms with E-state index in [1.54, 1.807) is 20.4 Å². The number of methoxy groups -OCH3 is 2. The number of aromatic nitrogens is 2. The number of halogens is 2. The molecule has 1 aromatic heterocycles. The van der Waals surface area contributed by atoms with E-state index in [1.807, 2.05) is 31.2 Å². The number of rotatable bonds is 2. The molecule has 5 nitrogen and oxygen atoms in total. The zero-order valence-corrected chi connectivity index (χ0v) is 16.2. The second-order valence-electron chi connectivity index (χ2n) is 4.78. The summed E-state index contributed by atoms with van der Waals surface area (Å²) in [6.07, 6.45) is 1.77. The minimum Gasteiger partial charge on any atom is -0.495 e. The van der Waals surface area contributed by atoms with Gasteiger partial charge in [-0.1, -0.05) is 31.9 Å². The summed E-state index contributed by atoms with van der Waals surface area (Å²) in [4.78, 5) is 0. The fourth-order valence-electron chi connectivity index (χ4n) is 2.04. The number of nitrogens with zero attached hydrogens (tertiary/aromatic N) is 1. The number of aryl methyl sites for hydroxylation is 1. The molecule has 0 aliphatic rings. The molecule has 0 aliphatic carbocycles. The number of hydrogen-bond donors (Lipinski definition) is 2. The Morgan fingerprint density at radius 2 is 1.61 bits per heavy atom. The van der Waals surface area contributed by atoms with E-state index >= 15 is 0 Å². The van der Waals surface area contributed by atoms with E-state index in [4.69, 9.17) is 15.2 Å². The highest BCUT2D eigenvalue weighted by molar-refractivity contribution is 9.10. The van der Waals surface area contributed by atoms with Crippen molar-refractivity contribution >= 4 is 48.5 Å². The first-order valence-electron chi connectivity index (χ1n) is 6.72. The quantitative estimate of drug-likeness (QED) is 0.565. The summed E-state index contributed by atoms with van der Waals surface area (Å²) in [7, 11) is 3.25. The lowest BCUT2D eigenvalue weighted by Gasteiger charge is -2.07. The highest BCUT2D eigenvalue weighted by Gasteiger charge is 2.04. The molecule has 3 aromatic rings. The summed E-state index contributed by atoms with van der Waals surface area (Å²) in [5.41, 5.74) is 8.38. The normalized spacial score (nSPS) is 10.1. The molecule has 3 rings (SSSR count). The Hall–Kier alpha value is -1.73. The van der Waals surface area contributed by atoms with Crippen molar-refractivity contribution in [2.45, 2.75) is 6.92 Å². The van der Waals surface area contributed by atoms with Crippen LogP contribution in [-0.2, 0) is 0 Å². The number of nitrogens with one attached hydrogen (secondary N) is 1. The second kappa shape index (κ2) is 7.70. The predicted molar refractivity (Wildman–Crippen MR) is 100 cm³/mol. The van der Waals surface area contributed by atoms with Crippen molar-refractivity contribution in [3.05, 3.63) is 45.0 Å². The maximum absolute atomic E-state index is 5.72. The minimum atomic E-state index is 0.704. The number of aromatic amines is 1. The zero-order chi connectivity index (χ0) is 17.0. The average molecular weight is 443 g/mol. The van der Waals surface area contributed by atoms with E-state index < -0.39 is 0 Å². The molecule has 23 heavy (non-hydrogen) atoms. The van der Waals surface area contributed by atoms with Crippen molar-refractivity contribution in [1.29, 1.82) is 0 Å². The molecule has 2 aromatic carbocycles. The Bertz CT molecular complexity index is 818. The van der Waals surface area contributed by atoms with E-state index in [1.165, 1.54) is 0 Å². The number of nitrogen functional groups attached to an aromatic ring is 1. The van der Waals surface area contributed by atoms with Crippen LogP contribution in [0.2, 0.25) is 0 Å².